The molecule has 1 saturated heterocycles. The summed E-state index contributed by atoms with van der Waals surface area (Å²) in [5.41, 5.74) is 6.59. The highest BCUT2D eigenvalue weighted by atomic mass is 79.9. The van der Waals surface area contributed by atoms with Crippen molar-refractivity contribution in [2.75, 3.05) is 4.90 Å². The topological polar surface area (TPSA) is 33.1 Å². The van der Waals surface area contributed by atoms with Crippen LogP contribution in [-0.2, 0) is 0 Å². The largest absolute Gasteiger partial charge is 0.351 e. The van der Waals surface area contributed by atoms with E-state index in [-0.39, 0.29) is 12.1 Å². The quantitative estimate of drug-likeness (QED) is 0.282. The molecule has 0 aliphatic carbocycles. The zero-order chi connectivity index (χ0) is 23.1. The number of thiocarbonyl (C=S) groups is 1. The fourth-order valence-electron chi connectivity index (χ4n) is 4.63. The van der Waals surface area contributed by atoms with Crippen LogP contribution < -0.4 is 10.2 Å². The second-order valence-corrected chi connectivity index (χ2v) is 9.85. The van der Waals surface area contributed by atoms with Crippen molar-refractivity contribution in [3.8, 4) is 5.69 Å². The first-order chi connectivity index (χ1) is 15.9. The van der Waals surface area contributed by atoms with Crippen LogP contribution in [0, 0.1) is 13.8 Å². The first-order valence-corrected chi connectivity index (χ1v) is 12.2. The van der Waals surface area contributed by atoms with Crippen molar-refractivity contribution in [3.63, 3.8) is 0 Å². The molecule has 1 aliphatic heterocycles. The zero-order valence-electron chi connectivity index (χ0n) is 18.2. The number of rotatable bonds is 4. The van der Waals surface area contributed by atoms with Crippen molar-refractivity contribution in [1.82, 2.24) is 14.9 Å². The molecule has 166 valence electrons. The lowest BCUT2D eigenvalue weighted by Gasteiger charge is -2.28. The van der Waals surface area contributed by atoms with E-state index >= 15 is 0 Å². The highest BCUT2D eigenvalue weighted by Gasteiger charge is 2.42. The summed E-state index contributed by atoms with van der Waals surface area (Å²) in [6, 6.07) is 24.3. The Balaban J connectivity index is 1.67. The fraction of sp³-hybridized carbons (Fsp3) is 0.154. The Labute approximate surface area is 212 Å². The van der Waals surface area contributed by atoms with Gasteiger partial charge >= 0.3 is 0 Å². The Bertz CT molecular complexity index is 1300. The van der Waals surface area contributed by atoms with Gasteiger partial charge in [0, 0.05) is 38.5 Å². The van der Waals surface area contributed by atoms with Gasteiger partial charge in [0.05, 0.1) is 17.8 Å². The van der Waals surface area contributed by atoms with Crippen molar-refractivity contribution in [2.24, 2.45) is 0 Å². The van der Waals surface area contributed by atoms with Crippen molar-refractivity contribution >= 4 is 50.5 Å². The monoisotopic (exact) mass is 536 g/mol. The standard InChI is InChI=1S/C26H22BrClN4S/c1-16-15-22(17(2)31(16)20-12-8-19(28)9-13-20)25-24(23-5-3-4-14-29-23)30-26(33)32(25)21-10-6-18(27)7-11-21/h3-15,24-25H,1-2H3,(H,30,33)/t24-,25+/m1/s1. The molecule has 4 aromatic rings. The number of nitrogens with zero attached hydrogens (tertiary/aromatic N) is 3. The molecule has 0 radical (unpaired) electrons. The molecule has 5 rings (SSSR count). The summed E-state index contributed by atoms with van der Waals surface area (Å²) in [5.74, 6) is 0. The van der Waals surface area contributed by atoms with E-state index in [0.29, 0.717) is 5.11 Å². The third-order valence-electron chi connectivity index (χ3n) is 6.08. The molecule has 2 atom stereocenters. The molecule has 4 nitrogen and oxygen atoms in total. The summed E-state index contributed by atoms with van der Waals surface area (Å²) in [4.78, 5) is 6.87. The molecule has 1 N–H and O–H groups in total. The maximum Gasteiger partial charge on any atom is 0.174 e. The Kier molecular flexibility index (Phi) is 5.99. The van der Waals surface area contributed by atoms with Gasteiger partial charge in [0.2, 0.25) is 0 Å². The van der Waals surface area contributed by atoms with Gasteiger partial charge in [-0.15, -0.1) is 0 Å². The molecule has 1 aliphatic rings. The van der Waals surface area contributed by atoms with Crippen molar-refractivity contribution in [1.29, 1.82) is 0 Å². The summed E-state index contributed by atoms with van der Waals surface area (Å²) in [6.07, 6.45) is 1.83. The number of hydrogen-bond acceptors (Lipinski definition) is 2. The van der Waals surface area contributed by atoms with E-state index in [2.05, 4.69) is 73.8 Å². The maximum absolute atomic E-state index is 6.14. The van der Waals surface area contributed by atoms with Crippen LogP contribution in [-0.4, -0.2) is 14.7 Å². The van der Waals surface area contributed by atoms with Crippen molar-refractivity contribution in [2.45, 2.75) is 25.9 Å². The smallest absolute Gasteiger partial charge is 0.174 e. The first kappa shape index (κ1) is 22.1. The molecule has 0 amide bonds. The second-order valence-electron chi connectivity index (χ2n) is 8.11. The van der Waals surface area contributed by atoms with E-state index < -0.39 is 0 Å². The number of hydrogen-bond donors (Lipinski definition) is 1. The Hall–Kier alpha value is -2.67. The van der Waals surface area contributed by atoms with Gasteiger partial charge in [-0.2, -0.15) is 0 Å². The number of halogens is 2. The number of nitrogens with one attached hydrogen (secondary N) is 1. The van der Waals surface area contributed by atoms with E-state index in [1.54, 1.807) is 0 Å². The van der Waals surface area contributed by atoms with Crippen LogP contribution in [0.25, 0.3) is 5.69 Å². The average Bonchev–Trinajstić information content (AvgIpc) is 3.31. The van der Waals surface area contributed by atoms with Gasteiger partial charge in [-0.25, -0.2) is 0 Å². The van der Waals surface area contributed by atoms with Gasteiger partial charge in [-0.1, -0.05) is 33.6 Å². The van der Waals surface area contributed by atoms with E-state index in [4.69, 9.17) is 23.8 Å². The lowest BCUT2D eigenvalue weighted by atomic mass is 9.96. The molecule has 2 aromatic heterocycles. The average molecular weight is 538 g/mol. The molecule has 0 bridgehead atoms. The van der Waals surface area contributed by atoms with Crippen LogP contribution in [0.2, 0.25) is 5.02 Å². The lowest BCUT2D eigenvalue weighted by Crippen LogP contribution is -2.29. The van der Waals surface area contributed by atoms with Gasteiger partial charge in [-0.05, 0) is 98.4 Å². The fourth-order valence-corrected chi connectivity index (χ4v) is 5.36. The number of aromatic nitrogens is 2. The summed E-state index contributed by atoms with van der Waals surface area (Å²) < 4.78 is 3.30. The van der Waals surface area contributed by atoms with Gasteiger partial charge < -0.3 is 14.8 Å². The zero-order valence-corrected chi connectivity index (χ0v) is 21.3. The maximum atomic E-state index is 6.14. The number of aryl methyl sites for hydroxylation is 1. The summed E-state index contributed by atoms with van der Waals surface area (Å²) in [5, 5.41) is 4.96. The van der Waals surface area contributed by atoms with Crippen LogP contribution in [0.1, 0.15) is 34.7 Å². The minimum atomic E-state index is -0.0819. The molecule has 1 fully saturated rings. The predicted octanol–water partition coefficient (Wildman–Crippen LogP) is 7.08. The summed E-state index contributed by atoms with van der Waals surface area (Å²) in [7, 11) is 0. The van der Waals surface area contributed by atoms with E-state index in [1.165, 1.54) is 5.56 Å². The highest BCUT2D eigenvalue weighted by molar-refractivity contribution is 9.10. The molecule has 33 heavy (non-hydrogen) atoms. The van der Waals surface area contributed by atoms with Crippen LogP contribution >= 0.6 is 39.7 Å². The lowest BCUT2D eigenvalue weighted by molar-refractivity contribution is 0.565. The summed E-state index contributed by atoms with van der Waals surface area (Å²) in [6.45, 7) is 4.29. The molecule has 0 saturated carbocycles. The molecule has 2 aromatic carbocycles. The van der Waals surface area contributed by atoms with E-state index in [0.717, 1.165) is 38.0 Å². The van der Waals surface area contributed by atoms with Crippen LogP contribution in [0.3, 0.4) is 0 Å². The summed E-state index contributed by atoms with van der Waals surface area (Å²) >= 11 is 15.5. The number of anilines is 1. The number of pyridine rings is 1. The third-order valence-corrected chi connectivity index (χ3v) is 7.17. The molecule has 7 heteroatoms. The van der Waals surface area contributed by atoms with Crippen molar-refractivity contribution in [3.05, 3.63) is 111 Å². The van der Waals surface area contributed by atoms with E-state index in [1.807, 2.05) is 54.7 Å². The van der Waals surface area contributed by atoms with Crippen LogP contribution in [0.4, 0.5) is 5.69 Å². The van der Waals surface area contributed by atoms with Crippen molar-refractivity contribution < 1.29 is 0 Å². The third kappa shape index (κ3) is 4.07. The predicted molar refractivity (Wildman–Crippen MR) is 142 cm³/mol. The SMILES string of the molecule is Cc1cc([C@H]2[C@@H](c3ccccn3)NC(=S)N2c2ccc(Br)cc2)c(C)n1-c1ccc(Cl)cc1. The molecular weight excluding hydrogens is 516 g/mol. The van der Waals surface area contributed by atoms with Gasteiger partial charge in [0.15, 0.2) is 5.11 Å². The Morgan fingerprint density at radius 2 is 1.67 bits per heavy atom. The molecule has 0 spiro atoms. The van der Waals surface area contributed by atoms with Gasteiger partial charge in [-0.3, -0.25) is 4.98 Å². The Morgan fingerprint density at radius 3 is 2.33 bits per heavy atom. The second kappa shape index (κ2) is 8.93. The van der Waals surface area contributed by atoms with Gasteiger partial charge in [0.1, 0.15) is 0 Å². The van der Waals surface area contributed by atoms with Gasteiger partial charge in [0.25, 0.3) is 0 Å². The number of benzene rings is 2. The molecular formula is C26H22BrClN4S. The normalized spacial score (nSPS) is 17.9. The Morgan fingerprint density at radius 1 is 0.970 bits per heavy atom. The highest BCUT2D eigenvalue weighted by Crippen LogP contribution is 2.43. The first-order valence-electron chi connectivity index (χ1n) is 10.6. The van der Waals surface area contributed by atoms with Crippen LogP contribution in [0.5, 0.6) is 0 Å². The molecule has 0 unspecified atom stereocenters. The van der Waals surface area contributed by atoms with E-state index in [9.17, 15) is 0 Å². The van der Waals surface area contributed by atoms with Crippen LogP contribution in [0.15, 0.2) is 83.5 Å². The molecule has 3 heterocycles. The minimum Gasteiger partial charge on any atom is -0.351 e. The minimum absolute atomic E-state index is 0.0548.